The van der Waals surface area contributed by atoms with E-state index < -0.39 is 5.97 Å². The van der Waals surface area contributed by atoms with Gasteiger partial charge in [-0.2, -0.15) is 0 Å². The van der Waals surface area contributed by atoms with Gasteiger partial charge in [-0.25, -0.2) is 4.79 Å². The average molecular weight is 328 g/mol. The molecule has 0 saturated carbocycles. The zero-order valence-electron chi connectivity index (χ0n) is 12.5. The SMILES string of the molecule is CC1=NOC(=O)C1=Cc1ccc(OCc2ccccc2Cl)cc1. The van der Waals surface area contributed by atoms with E-state index in [9.17, 15) is 4.79 Å². The van der Waals surface area contributed by atoms with Crippen molar-refractivity contribution in [3.8, 4) is 5.75 Å². The van der Waals surface area contributed by atoms with E-state index in [2.05, 4.69) is 9.99 Å². The Hall–Kier alpha value is -2.59. The number of halogens is 1. The molecule has 0 radical (unpaired) electrons. The molecular formula is C18H14ClNO3. The number of ether oxygens (including phenoxy) is 1. The molecule has 0 bridgehead atoms. The van der Waals surface area contributed by atoms with Crippen molar-refractivity contribution in [3.05, 3.63) is 70.3 Å². The fraction of sp³-hybridized carbons (Fsp3) is 0.111. The Labute approximate surface area is 139 Å². The van der Waals surface area contributed by atoms with Crippen LogP contribution in [0.4, 0.5) is 0 Å². The molecule has 116 valence electrons. The van der Waals surface area contributed by atoms with E-state index in [0.29, 0.717) is 22.9 Å². The number of carbonyl (C=O) groups excluding carboxylic acids is 1. The molecule has 1 heterocycles. The highest BCUT2D eigenvalue weighted by molar-refractivity contribution is 6.31. The minimum absolute atomic E-state index is 0.401. The first-order valence-electron chi connectivity index (χ1n) is 7.08. The van der Waals surface area contributed by atoms with Crippen LogP contribution in [-0.4, -0.2) is 11.7 Å². The van der Waals surface area contributed by atoms with Gasteiger partial charge in [-0.05, 0) is 36.8 Å². The zero-order chi connectivity index (χ0) is 16.2. The molecule has 0 unspecified atom stereocenters. The van der Waals surface area contributed by atoms with Crippen LogP contribution in [0.2, 0.25) is 5.02 Å². The standard InChI is InChI=1S/C18H14ClNO3/c1-12-16(18(21)23-20-12)10-13-6-8-15(9-7-13)22-11-14-4-2-3-5-17(14)19/h2-10H,11H2,1H3. The third-order valence-electron chi connectivity index (χ3n) is 3.42. The Balaban J connectivity index is 1.68. The van der Waals surface area contributed by atoms with Crippen molar-refractivity contribution >= 4 is 29.4 Å². The van der Waals surface area contributed by atoms with E-state index in [1.54, 1.807) is 13.0 Å². The molecule has 5 heteroatoms. The van der Waals surface area contributed by atoms with Crippen molar-refractivity contribution in [2.24, 2.45) is 5.16 Å². The van der Waals surface area contributed by atoms with Crippen LogP contribution < -0.4 is 4.74 Å². The van der Waals surface area contributed by atoms with Gasteiger partial charge in [-0.1, -0.05) is 47.1 Å². The van der Waals surface area contributed by atoms with Crippen LogP contribution in [0.15, 0.2) is 59.3 Å². The van der Waals surface area contributed by atoms with Crippen LogP contribution in [0, 0.1) is 0 Å². The molecule has 0 spiro atoms. The minimum atomic E-state index is -0.429. The van der Waals surface area contributed by atoms with Crippen LogP contribution in [0.25, 0.3) is 6.08 Å². The highest BCUT2D eigenvalue weighted by Crippen LogP contribution is 2.21. The van der Waals surface area contributed by atoms with Crippen LogP contribution >= 0.6 is 11.6 Å². The molecule has 0 N–H and O–H groups in total. The maximum atomic E-state index is 11.5. The first-order chi connectivity index (χ1) is 11.1. The summed E-state index contributed by atoms with van der Waals surface area (Å²) in [6, 6.07) is 15.0. The molecular weight excluding hydrogens is 314 g/mol. The van der Waals surface area contributed by atoms with Gasteiger partial charge in [-0.3, -0.25) is 0 Å². The number of benzene rings is 2. The van der Waals surface area contributed by atoms with Gasteiger partial charge in [0.25, 0.3) is 0 Å². The fourth-order valence-electron chi connectivity index (χ4n) is 2.12. The van der Waals surface area contributed by atoms with Crippen LogP contribution in [0.5, 0.6) is 5.75 Å². The number of carbonyl (C=O) groups is 1. The van der Waals surface area contributed by atoms with Crippen molar-refractivity contribution in [2.75, 3.05) is 0 Å². The topological polar surface area (TPSA) is 47.9 Å². The lowest BCUT2D eigenvalue weighted by Crippen LogP contribution is -2.01. The second-order valence-electron chi connectivity index (χ2n) is 5.06. The molecule has 0 aromatic heterocycles. The molecule has 0 fully saturated rings. The number of hydrogen-bond acceptors (Lipinski definition) is 4. The van der Waals surface area contributed by atoms with Crippen molar-refractivity contribution in [1.29, 1.82) is 0 Å². The van der Waals surface area contributed by atoms with E-state index in [1.165, 1.54) is 0 Å². The maximum Gasteiger partial charge on any atom is 0.367 e. The monoisotopic (exact) mass is 327 g/mol. The lowest BCUT2D eigenvalue weighted by atomic mass is 10.1. The number of rotatable bonds is 4. The molecule has 0 saturated heterocycles. The van der Waals surface area contributed by atoms with E-state index in [-0.39, 0.29) is 0 Å². The summed E-state index contributed by atoms with van der Waals surface area (Å²) in [6.45, 7) is 2.13. The minimum Gasteiger partial charge on any atom is -0.489 e. The summed E-state index contributed by atoms with van der Waals surface area (Å²) in [7, 11) is 0. The lowest BCUT2D eigenvalue weighted by molar-refractivity contribution is -0.136. The Morgan fingerprint density at radius 2 is 1.91 bits per heavy atom. The van der Waals surface area contributed by atoms with Gasteiger partial charge in [0.15, 0.2) is 0 Å². The summed E-state index contributed by atoms with van der Waals surface area (Å²) >= 11 is 6.10. The Morgan fingerprint density at radius 1 is 1.17 bits per heavy atom. The molecule has 1 aliphatic heterocycles. The lowest BCUT2D eigenvalue weighted by Gasteiger charge is -2.08. The van der Waals surface area contributed by atoms with Gasteiger partial charge in [0.2, 0.25) is 0 Å². The summed E-state index contributed by atoms with van der Waals surface area (Å²) in [5.74, 6) is 0.299. The normalized spacial score (nSPS) is 15.5. The quantitative estimate of drug-likeness (QED) is 0.623. The Bertz CT molecular complexity index is 794. The smallest absolute Gasteiger partial charge is 0.367 e. The Kier molecular flexibility index (Phi) is 4.44. The summed E-state index contributed by atoms with van der Waals surface area (Å²) < 4.78 is 5.72. The van der Waals surface area contributed by atoms with E-state index in [0.717, 1.165) is 16.9 Å². The Morgan fingerprint density at radius 3 is 2.57 bits per heavy atom. The van der Waals surface area contributed by atoms with E-state index >= 15 is 0 Å². The van der Waals surface area contributed by atoms with Crippen LogP contribution in [0.3, 0.4) is 0 Å². The summed E-state index contributed by atoms with van der Waals surface area (Å²) in [5, 5.41) is 4.33. The van der Waals surface area contributed by atoms with E-state index in [1.807, 2.05) is 48.5 Å². The molecule has 0 aliphatic carbocycles. The third kappa shape index (κ3) is 3.60. The number of nitrogens with zero attached hydrogens (tertiary/aromatic N) is 1. The maximum absolute atomic E-state index is 11.5. The van der Waals surface area contributed by atoms with E-state index in [4.69, 9.17) is 16.3 Å². The molecule has 0 atom stereocenters. The molecule has 2 aromatic rings. The molecule has 23 heavy (non-hydrogen) atoms. The van der Waals surface area contributed by atoms with Gasteiger partial charge in [0.1, 0.15) is 12.4 Å². The molecule has 1 aliphatic rings. The number of hydrogen-bond donors (Lipinski definition) is 0. The highest BCUT2D eigenvalue weighted by atomic mass is 35.5. The van der Waals surface area contributed by atoms with Gasteiger partial charge < -0.3 is 9.57 Å². The third-order valence-corrected chi connectivity index (χ3v) is 3.79. The fourth-order valence-corrected chi connectivity index (χ4v) is 2.31. The molecule has 0 amide bonds. The first-order valence-corrected chi connectivity index (χ1v) is 7.45. The summed E-state index contributed by atoms with van der Waals surface area (Å²) in [5.41, 5.74) is 2.85. The second kappa shape index (κ2) is 6.67. The molecule has 4 nitrogen and oxygen atoms in total. The summed E-state index contributed by atoms with van der Waals surface area (Å²) in [6.07, 6.45) is 1.74. The van der Waals surface area contributed by atoms with Crippen molar-refractivity contribution in [2.45, 2.75) is 13.5 Å². The summed E-state index contributed by atoms with van der Waals surface area (Å²) in [4.78, 5) is 16.1. The van der Waals surface area contributed by atoms with Gasteiger partial charge in [0.05, 0.1) is 11.3 Å². The van der Waals surface area contributed by atoms with Gasteiger partial charge in [-0.15, -0.1) is 0 Å². The van der Waals surface area contributed by atoms with Crippen molar-refractivity contribution in [3.63, 3.8) is 0 Å². The van der Waals surface area contributed by atoms with Gasteiger partial charge in [0, 0.05) is 10.6 Å². The predicted octanol–water partition coefficient (Wildman–Crippen LogP) is 4.24. The number of oxime groups is 1. The molecule has 3 rings (SSSR count). The zero-order valence-corrected chi connectivity index (χ0v) is 13.2. The predicted molar refractivity (Wildman–Crippen MR) is 89.4 cm³/mol. The average Bonchev–Trinajstić information content (AvgIpc) is 2.87. The van der Waals surface area contributed by atoms with Crippen molar-refractivity contribution < 1.29 is 14.4 Å². The highest BCUT2D eigenvalue weighted by Gasteiger charge is 2.21. The van der Waals surface area contributed by atoms with Crippen molar-refractivity contribution in [1.82, 2.24) is 0 Å². The largest absolute Gasteiger partial charge is 0.489 e. The van der Waals surface area contributed by atoms with Crippen LogP contribution in [0.1, 0.15) is 18.1 Å². The van der Waals surface area contributed by atoms with Gasteiger partial charge >= 0.3 is 5.97 Å². The van der Waals surface area contributed by atoms with Crippen LogP contribution in [-0.2, 0) is 16.2 Å². The second-order valence-corrected chi connectivity index (χ2v) is 5.47. The molecule has 2 aromatic carbocycles. The first kappa shape index (κ1) is 15.3.